The monoisotopic (exact) mass is 358 g/mol. The molecule has 0 fully saturated rings. The van der Waals surface area contributed by atoms with Gasteiger partial charge in [0.1, 0.15) is 11.7 Å². The van der Waals surface area contributed by atoms with E-state index in [1.54, 1.807) is 29.5 Å². The van der Waals surface area contributed by atoms with E-state index < -0.39 is 0 Å². The first-order valence-corrected chi connectivity index (χ1v) is 8.64. The summed E-state index contributed by atoms with van der Waals surface area (Å²) in [5.41, 5.74) is 1.35. The second-order valence-corrected chi connectivity index (χ2v) is 6.27. The number of para-hydroxylation sites is 1. The van der Waals surface area contributed by atoms with Gasteiger partial charge < -0.3 is 0 Å². The highest BCUT2D eigenvalue weighted by molar-refractivity contribution is 7.98. The molecule has 0 radical (unpaired) electrons. The zero-order chi connectivity index (χ0) is 16.8. The van der Waals surface area contributed by atoms with E-state index in [1.807, 2.05) is 12.3 Å². The summed E-state index contributed by atoms with van der Waals surface area (Å²) in [6.07, 6.45) is 3.41. The lowest BCUT2D eigenvalue weighted by atomic mass is 10.2. The highest BCUT2D eigenvalue weighted by Gasteiger charge is 2.19. The van der Waals surface area contributed by atoms with E-state index in [0.717, 1.165) is 0 Å². The fourth-order valence-electron chi connectivity index (χ4n) is 2.63. The highest BCUT2D eigenvalue weighted by Crippen LogP contribution is 2.23. The Morgan fingerprint density at radius 1 is 1.21 bits per heavy atom. The number of benzene rings is 1. The SMILES string of the molecule is CSc1nc(C)c2c(=O)n(-c3ccccc3Cl)c3nncn3c2n1. The minimum Gasteiger partial charge on any atom is -0.268 e. The molecule has 0 amide bonds. The van der Waals surface area contributed by atoms with E-state index in [2.05, 4.69) is 20.2 Å². The normalized spacial score (nSPS) is 11.5. The second kappa shape index (κ2) is 5.57. The molecule has 0 aliphatic rings. The van der Waals surface area contributed by atoms with Gasteiger partial charge in [0.2, 0.25) is 5.78 Å². The lowest BCUT2D eigenvalue weighted by molar-refractivity contribution is 0.908. The smallest absolute Gasteiger partial charge is 0.268 e. The van der Waals surface area contributed by atoms with Crippen molar-refractivity contribution in [1.82, 2.24) is 29.1 Å². The Hall–Kier alpha value is -2.45. The summed E-state index contributed by atoms with van der Waals surface area (Å²) in [6.45, 7) is 1.79. The van der Waals surface area contributed by atoms with Crippen LogP contribution < -0.4 is 5.56 Å². The molecule has 0 atom stereocenters. The summed E-state index contributed by atoms with van der Waals surface area (Å²) >= 11 is 7.70. The topological polar surface area (TPSA) is 78.0 Å². The van der Waals surface area contributed by atoms with Gasteiger partial charge >= 0.3 is 0 Å². The van der Waals surface area contributed by atoms with Crippen molar-refractivity contribution in [3.8, 4) is 5.69 Å². The minimum atomic E-state index is -0.274. The van der Waals surface area contributed by atoms with Gasteiger partial charge in [0, 0.05) is 0 Å². The van der Waals surface area contributed by atoms with Crippen LogP contribution in [-0.2, 0) is 0 Å². The molecule has 4 aromatic rings. The fraction of sp³-hybridized carbons (Fsp3) is 0.133. The van der Waals surface area contributed by atoms with Crippen LogP contribution in [0.5, 0.6) is 0 Å². The third kappa shape index (κ3) is 2.10. The Morgan fingerprint density at radius 3 is 2.75 bits per heavy atom. The van der Waals surface area contributed by atoms with Crippen LogP contribution in [0.3, 0.4) is 0 Å². The van der Waals surface area contributed by atoms with Crippen molar-refractivity contribution in [2.24, 2.45) is 0 Å². The van der Waals surface area contributed by atoms with Crippen molar-refractivity contribution in [2.45, 2.75) is 12.1 Å². The maximum absolute atomic E-state index is 13.1. The molecule has 3 heterocycles. The molecule has 0 spiro atoms. The molecule has 0 aliphatic heterocycles. The van der Waals surface area contributed by atoms with Gasteiger partial charge in [0.25, 0.3) is 5.56 Å². The zero-order valence-electron chi connectivity index (χ0n) is 12.8. The van der Waals surface area contributed by atoms with Crippen molar-refractivity contribution < 1.29 is 0 Å². The average molecular weight is 359 g/mol. The number of fused-ring (bicyclic) bond motifs is 3. The molecule has 0 N–H and O–H groups in total. The molecule has 0 aliphatic carbocycles. The molecule has 1 aromatic carbocycles. The van der Waals surface area contributed by atoms with E-state index in [1.165, 1.54) is 22.7 Å². The first-order chi connectivity index (χ1) is 11.6. The molecule has 0 saturated heterocycles. The van der Waals surface area contributed by atoms with Crippen LogP contribution in [0.4, 0.5) is 0 Å². The van der Waals surface area contributed by atoms with Crippen molar-refractivity contribution in [1.29, 1.82) is 0 Å². The maximum atomic E-state index is 13.1. The maximum Gasteiger partial charge on any atom is 0.270 e. The standard InChI is InChI=1S/C15H11ClN6OS/c1-8-11-12(19-14(18-8)24-2)21-7-17-20-15(21)22(13(11)23)10-6-4-3-5-9(10)16/h3-7H,1-2H3. The van der Waals surface area contributed by atoms with Crippen LogP contribution in [0, 0.1) is 6.92 Å². The third-order valence-electron chi connectivity index (χ3n) is 3.70. The number of aryl methyl sites for hydroxylation is 1. The van der Waals surface area contributed by atoms with E-state index in [9.17, 15) is 4.79 Å². The van der Waals surface area contributed by atoms with Gasteiger partial charge in [-0.3, -0.25) is 4.79 Å². The molecule has 120 valence electrons. The number of hydrogen-bond acceptors (Lipinski definition) is 6. The van der Waals surface area contributed by atoms with Crippen molar-refractivity contribution in [2.75, 3.05) is 6.26 Å². The summed E-state index contributed by atoms with van der Waals surface area (Å²) in [7, 11) is 0. The van der Waals surface area contributed by atoms with Crippen LogP contribution in [0.2, 0.25) is 5.02 Å². The molecule has 0 saturated carbocycles. The Kier molecular flexibility index (Phi) is 3.50. The largest absolute Gasteiger partial charge is 0.270 e. The predicted molar refractivity (Wildman–Crippen MR) is 93.2 cm³/mol. The van der Waals surface area contributed by atoms with Crippen molar-refractivity contribution in [3.05, 3.63) is 51.7 Å². The summed E-state index contributed by atoms with van der Waals surface area (Å²) in [5.74, 6) is 0.353. The third-order valence-corrected chi connectivity index (χ3v) is 4.57. The Bertz CT molecular complexity index is 1150. The van der Waals surface area contributed by atoms with Crippen LogP contribution in [0.15, 0.2) is 40.5 Å². The molecule has 9 heteroatoms. The number of aromatic nitrogens is 6. The lowest BCUT2D eigenvalue weighted by Crippen LogP contribution is -2.23. The van der Waals surface area contributed by atoms with E-state index in [-0.39, 0.29) is 5.56 Å². The fourth-order valence-corrected chi connectivity index (χ4v) is 3.26. The average Bonchev–Trinajstić information content (AvgIpc) is 3.05. The summed E-state index contributed by atoms with van der Waals surface area (Å²) in [5, 5.41) is 9.47. The van der Waals surface area contributed by atoms with Crippen molar-refractivity contribution in [3.63, 3.8) is 0 Å². The van der Waals surface area contributed by atoms with E-state index in [0.29, 0.717) is 38.4 Å². The summed E-state index contributed by atoms with van der Waals surface area (Å²) in [4.78, 5) is 22.0. The van der Waals surface area contributed by atoms with Gasteiger partial charge in [-0.2, -0.15) is 0 Å². The minimum absolute atomic E-state index is 0.274. The molecular formula is C15H11ClN6OS. The first kappa shape index (κ1) is 15.1. The lowest BCUT2D eigenvalue weighted by Gasteiger charge is -2.12. The molecule has 7 nitrogen and oxygen atoms in total. The van der Waals surface area contributed by atoms with Crippen LogP contribution in [0.25, 0.3) is 22.5 Å². The van der Waals surface area contributed by atoms with Crippen LogP contribution in [0.1, 0.15) is 5.69 Å². The summed E-state index contributed by atoms with van der Waals surface area (Å²) in [6, 6.07) is 7.10. The first-order valence-electron chi connectivity index (χ1n) is 7.04. The highest BCUT2D eigenvalue weighted by atomic mass is 35.5. The van der Waals surface area contributed by atoms with Gasteiger partial charge in [0.05, 0.1) is 16.4 Å². The number of hydrogen-bond donors (Lipinski definition) is 0. The van der Waals surface area contributed by atoms with E-state index >= 15 is 0 Å². The number of thioether (sulfide) groups is 1. The zero-order valence-corrected chi connectivity index (χ0v) is 14.3. The molecule has 4 rings (SSSR count). The molecule has 0 unspecified atom stereocenters. The number of halogens is 1. The van der Waals surface area contributed by atoms with Crippen molar-refractivity contribution >= 4 is 40.2 Å². The second-order valence-electron chi connectivity index (χ2n) is 5.09. The Balaban J connectivity index is 2.25. The van der Waals surface area contributed by atoms with Gasteiger partial charge in [-0.1, -0.05) is 35.5 Å². The van der Waals surface area contributed by atoms with Gasteiger partial charge in [0.15, 0.2) is 10.8 Å². The van der Waals surface area contributed by atoms with E-state index in [4.69, 9.17) is 11.6 Å². The van der Waals surface area contributed by atoms with Gasteiger partial charge in [-0.25, -0.2) is 18.9 Å². The van der Waals surface area contributed by atoms with Gasteiger partial charge in [-0.15, -0.1) is 10.2 Å². The molecule has 0 bridgehead atoms. The predicted octanol–water partition coefficient (Wildman–Crippen LogP) is 2.51. The molecule has 24 heavy (non-hydrogen) atoms. The van der Waals surface area contributed by atoms with Gasteiger partial charge in [-0.05, 0) is 25.3 Å². The number of rotatable bonds is 2. The molecule has 3 aromatic heterocycles. The molecular weight excluding hydrogens is 348 g/mol. The summed E-state index contributed by atoms with van der Waals surface area (Å²) < 4.78 is 3.11. The quantitative estimate of drug-likeness (QED) is 0.404. The van der Waals surface area contributed by atoms with Crippen LogP contribution in [-0.4, -0.2) is 35.4 Å². The Labute approximate surface area is 145 Å². The number of nitrogens with zero attached hydrogens (tertiary/aromatic N) is 6. The van der Waals surface area contributed by atoms with Crippen LogP contribution >= 0.6 is 23.4 Å². The Morgan fingerprint density at radius 2 is 2.00 bits per heavy atom.